The lowest BCUT2D eigenvalue weighted by molar-refractivity contribution is -0.137. The predicted octanol–water partition coefficient (Wildman–Crippen LogP) is 4.31. The number of nitrogens with zero attached hydrogens (tertiary/aromatic N) is 2. The second-order valence-electron chi connectivity index (χ2n) is 3.85. The molecule has 0 fully saturated rings. The molecule has 1 aromatic rings. The molecule has 20 heavy (non-hydrogen) atoms. The van der Waals surface area contributed by atoms with Crippen LogP contribution in [0.1, 0.15) is 19.4 Å². The van der Waals surface area contributed by atoms with Gasteiger partial charge in [0, 0.05) is 6.92 Å². The molecule has 0 amide bonds. The smallest absolute Gasteiger partial charge is 0.416 e. The second-order valence-corrected chi connectivity index (χ2v) is 3.85. The van der Waals surface area contributed by atoms with Crippen molar-refractivity contribution in [1.29, 1.82) is 0 Å². The van der Waals surface area contributed by atoms with Crippen molar-refractivity contribution in [3.63, 3.8) is 0 Å². The Balaban J connectivity index is 3.22. The molecular weight excluding hydrogens is 280 g/mol. The highest BCUT2D eigenvalue weighted by Gasteiger charge is 2.31. The first kappa shape index (κ1) is 15.8. The van der Waals surface area contributed by atoms with E-state index in [1.807, 2.05) is 0 Å². The number of allylic oxidation sites excluding steroid dienone is 2. The normalized spacial score (nSPS) is 13.5. The Hall–Kier alpha value is -2.25. The van der Waals surface area contributed by atoms with Crippen molar-refractivity contribution in [1.82, 2.24) is 0 Å². The van der Waals surface area contributed by atoms with Crippen LogP contribution in [0.4, 0.5) is 23.2 Å². The van der Waals surface area contributed by atoms with Crippen molar-refractivity contribution < 1.29 is 27.5 Å². The number of benzene rings is 1. The van der Waals surface area contributed by atoms with E-state index in [4.69, 9.17) is 5.11 Å². The van der Waals surface area contributed by atoms with E-state index in [0.29, 0.717) is 18.2 Å². The Morgan fingerprint density at radius 3 is 2.30 bits per heavy atom. The Labute approximate surface area is 111 Å². The van der Waals surface area contributed by atoms with E-state index in [-0.39, 0.29) is 0 Å². The number of carbonyl (C=O) groups is 1. The number of aliphatic hydroxyl groups excluding tert-OH is 1. The van der Waals surface area contributed by atoms with Crippen LogP contribution < -0.4 is 0 Å². The maximum Gasteiger partial charge on any atom is 0.416 e. The van der Waals surface area contributed by atoms with Crippen molar-refractivity contribution in [3.05, 3.63) is 41.0 Å². The highest BCUT2D eigenvalue weighted by Crippen LogP contribution is 2.33. The summed E-state index contributed by atoms with van der Waals surface area (Å²) >= 11 is 0. The molecule has 4 nitrogen and oxygen atoms in total. The number of aliphatic hydroxyl groups is 1. The summed E-state index contributed by atoms with van der Waals surface area (Å²) in [5, 5.41) is 15.7. The number of rotatable bonds is 3. The zero-order valence-corrected chi connectivity index (χ0v) is 10.5. The van der Waals surface area contributed by atoms with E-state index < -0.39 is 40.5 Å². The van der Waals surface area contributed by atoms with E-state index in [0.717, 1.165) is 13.8 Å². The van der Waals surface area contributed by atoms with Gasteiger partial charge in [0.05, 0.1) is 5.56 Å². The summed E-state index contributed by atoms with van der Waals surface area (Å²) < 4.78 is 50.7. The van der Waals surface area contributed by atoms with Crippen LogP contribution in [0, 0.1) is 5.82 Å². The zero-order valence-electron chi connectivity index (χ0n) is 10.5. The molecule has 0 atom stereocenters. The van der Waals surface area contributed by atoms with Gasteiger partial charge in [-0.25, -0.2) is 4.39 Å². The fourth-order valence-corrected chi connectivity index (χ4v) is 1.27. The average molecular weight is 290 g/mol. The lowest BCUT2D eigenvalue weighted by Gasteiger charge is -2.07. The maximum absolute atomic E-state index is 13.3. The highest BCUT2D eigenvalue weighted by atomic mass is 19.4. The lowest BCUT2D eigenvalue weighted by Crippen LogP contribution is -2.04. The Bertz CT molecular complexity index is 588. The van der Waals surface area contributed by atoms with Crippen molar-refractivity contribution in [2.75, 3.05) is 0 Å². The number of alkyl halides is 3. The third-order valence-corrected chi connectivity index (χ3v) is 2.21. The molecule has 0 radical (unpaired) electrons. The summed E-state index contributed by atoms with van der Waals surface area (Å²) in [6.45, 7) is 2.23. The number of azo groups is 1. The van der Waals surface area contributed by atoms with Crippen LogP contribution in [0.5, 0.6) is 0 Å². The summed E-state index contributed by atoms with van der Waals surface area (Å²) in [7, 11) is 0. The lowest BCUT2D eigenvalue weighted by atomic mass is 10.2. The van der Waals surface area contributed by atoms with Gasteiger partial charge in [0.25, 0.3) is 0 Å². The minimum absolute atomic E-state index is 0.457. The molecule has 1 rings (SSSR count). The van der Waals surface area contributed by atoms with Crippen LogP contribution in [0.2, 0.25) is 0 Å². The van der Waals surface area contributed by atoms with Gasteiger partial charge >= 0.3 is 6.18 Å². The van der Waals surface area contributed by atoms with Crippen LogP contribution in [-0.4, -0.2) is 10.9 Å². The fourth-order valence-electron chi connectivity index (χ4n) is 1.27. The zero-order chi connectivity index (χ0) is 15.5. The number of hydrogen-bond acceptors (Lipinski definition) is 4. The number of carbonyl (C=O) groups excluding carboxylic acids is 1. The van der Waals surface area contributed by atoms with Gasteiger partial charge in [-0.3, -0.25) is 4.79 Å². The summed E-state index contributed by atoms with van der Waals surface area (Å²) in [6, 6.07) is 1.62. The van der Waals surface area contributed by atoms with Crippen molar-refractivity contribution in [2.45, 2.75) is 20.0 Å². The molecule has 0 aliphatic rings. The summed E-state index contributed by atoms with van der Waals surface area (Å²) in [5.74, 6) is -2.14. The number of hydrogen-bond donors (Lipinski definition) is 1. The molecule has 0 saturated heterocycles. The minimum Gasteiger partial charge on any atom is -0.510 e. The molecule has 0 unspecified atom stereocenters. The molecule has 0 heterocycles. The Kier molecular flexibility index (Phi) is 4.59. The van der Waals surface area contributed by atoms with Gasteiger partial charge < -0.3 is 5.11 Å². The summed E-state index contributed by atoms with van der Waals surface area (Å²) in [5.41, 5.74) is -2.23. The van der Waals surface area contributed by atoms with E-state index in [1.165, 1.54) is 0 Å². The molecule has 1 N–H and O–H groups in total. The molecule has 108 valence electrons. The van der Waals surface area contributed by atoms with Gasteiger partial charge in [0.1, 0.15) is 11.4 Å². The van der Waals surface area contributed by atoms with Crippen LogP contribution in [0.3, 0.4) is 0 Å². The van der Waals surface area contributed by atoms with Gasteiger partial charge in [0.2, 0.25) is 0 Å². The van der Waals surface area contributed by atoms with Crippen LogP contribution in [0.25, 0.3) is 0 Å². The topological polar surface area (TPSA) is 62.0 Å². The molecular formula is C12H10F4N2O2. The van der Waals surface area contributed by atoms with Crippen molar-refractivity contribution in [3.8, 4) is 0 Å². The molecule has 0 aliphatic heterocycles. The monoisotopic (exact) mass is 290 g/mol. The first-order chi connectivity index (χ1) is 9.12. The first-order valence-electron chi connectivity index (χ1n) is 5.32. The highest BCUT2D eigenvalue weighted by molar-refractivity contribution is 5.93. The molecule has 8 heteroatoms. The molecule has 1 aromatic carbocycles. The minimum atomic E-state index is -4.65. The van der Waals surface area contributed by atoms with Crippen molar-refractivity contribution in [2.24, 2.45) is 10.2 Å². The molecule has 0 aliphatic carbocycles. The summed E-state index contributed by atoms with van der Waals surface area (Å²) in [6.07, 6.45) is -4.65. The van der Waals surface area contributed by atoms with E-state index in [1.54, 1.807) is 0 Å². The standard InChI is InChI=1S/C12H10F4N2O2/c1-6(19)11(7(2)20)18-17-10-5-8(12(14,15)16)3-4-9(10)13/h3-5,19H,1-2H3. The second kappa shape index (κ2) is 5.81. The third kappa shape index (κ3) is 3.87. The van der Waals surface area contributed by atoms with Gasteiger partial charge in [-0.1, -0.05) is 0 Å². The van der Waals surface area contributed by atoms with E-state index >= 15 is 0 Å². The third-order valence-electron chi connectivity index (χ3n) is 2.21. The maximum atomic E-state index is 13.3. The Morgan fingerprint density at radius 1 is 1.25 bits per heavy atom. The average Bonchev–Trinajstić information content (AvgIpc) is 2.29. The fraction of sp³-hybridized carbons (Fsp3) is 0.250. The number of ketones is 1. The number of halogens is 4. The quantitative estimate of drug-likeness (QED) is 0.390. The predicted molar refractivity (Wildman–Crippen MR) is 61.9 cm³/mol. The van der Waals surface area contributed by atoms with Crippen LogP contribution in [0.15, 0.2) is 39.9 Å². The van der Waals surface area contributed by atoms with Gasteiger partial charge in [-0.15, -0.1) is 10.2 Å². The van der Waals surface area contributed by atoms with Gasteiger partial charge in [0.15, 0.2) is 17.3 Å². The van der Waals surface area contributed by atoms with E-state index in [9.17, 15) is 22.4 Å². The molecule has 0 bridgehead atoms. The van der Waals surface area contributed by atoms with Gasteiger partial charge in [-0.05, 0) is 25.1 Å². The van der Waals surface area contributed by atoms with Crippen LogP contribution in [-0.2, 0) is 11.0 Å². The largest absolute Gasteiger partial charge is 0.510 e. The van der Waals surface area contributed by atoms with E-state index in [2.05, 4.69) is 10.2 Å². The van der Waals surface area contributed by atoms with Crippen molar-refractivity contribution >= 4 is 11.5 Å². The molecule has 0 aromatic heterocycles. The van der Waals surface area contributed by atoms with Crippen LogP contribution >= 0.6 is 0 Å². The van der Waals surface area contributed by atoms with Gasteiger partial charge in [-0.2, -0.15) is 13.2 Å². The first-order valence-corrected chi connectivity index (χ1v) is 5.32. The molecule has 0 spiro atoms. The SMILES string of the molecule is CC(=O)C(N=Nc1cc(C(F)(F)F)ccc1F)=C(C)O. The summed E-state index contributed by atoms with van der Waals surface area (Å²) in [4.78, 5) is 11.1. The number of Topliss-reactive ketones (excluding diaryl/α,β-unsaturated/α-hetero) is 1. The Morgan fingerprint density at radius 2 is 1.85 bits per heavy atom. The molecule has 0 saturated carbocycles.